The molecule has 34 heavy (non-hydrogen) atoms. The number of amides is 1. The SMILES string of the molecule is O=C(NC1CCCCCC1)C1CCN(Cc2cc3ccccc3n2Cc2cccc(F)c2)CC1. The normalized spacial score (nSPS) is 18.7. The van der Waals surface area contributed by atoms with Crippen LogP contribution in [0.2, 0.25) is 0 Å². The Kier molecular flexibility index (Phi) is 7.29. The minimum atomic E-state index is -0.195. The van der Waals surface area contributed by atoms with Crippen LogP contribution < -0.4 is 5.32 Å². The lowest BCUT2D eigenvalue weighted by Gasteiger charge is -2.32. The number of fused-ring (bicyclic) bond motifs is 1. The van der Waals surface area contributed by atoms with E-state index in [0.29, 0.717) is 12.6 Å². The van der Waals surface area contributed by atoms with E-state index in [2.05, 4.69) is 45.1 Å². The number of carbonyl (C=O) groups is 1. The molecule has 0 bridgehead atoms. The summed E-state index contributed by atoms with van der Waals surface area (Å²) in [5.41, 5.74) is 3.39. The number of aromatic nitrogens is 1. The van der Waals surface area contributed by atoms with Crippen LogP contribution in [-0.4, -0.2) is 34.5 Å². The molecule has 4 nitrogen and oxygen atoms in total. The van der Waals surface area contributed by atoms with E-state index in [1.807, 2.05) is 6.07 Å². The molecule has 2 aromatic carbocycles. The number of carbonyl (C=O) groups excluding carboxylic acids is 1. The Labute approximate surface area is 202 Å². The van der Waals surface area contributed by atoms with Crippen LogP contribution in [0.4, 0.5) is 4.39 Å². The van der Waals surface area contributed by atoms with Crippen molar-refractivity contribution in [2.75, 3.05) is 13.1 Å². The predicted molar refractivity (Wildman–Crippen MR) is 135 cm³/mol. The molecule has 2 heterocycles. The fourth-order valence-corrected chi connectivity index (χ4v) is 5.73. The van der Waals surface area contributed by atoms with Crippen molar-refractivity contribution in [3.63, 3.8) is 0 Å². The second-order valence-corrected chi connectivity index (χ2v) is 10.2. The maximum Gasteiger partial charge on any atom is 0.223 e. The van der Waals surface area contributed by atoms with Crippen LogP contribution in [0, 0.1) is 11.7 Å². The molecule has 1 aliphatic carbocycles. The smallest absolute Gasteiger partial charge is 0.223 e. The number of para-hydroxylation sites is 1. The number of benzene rings is 2. The Bertz CT molecular complexity index is 1110. The molecular weight excluding hydrogens is 425 g/mol. The molecule has 3 aromatic rings. The molecule has 1 saturated heterocycles. The van der Waals surface area contributed by atoms with Crippen LogP contribution in [0.3, 0.4) is 0 Å². The zero-order chi connectivity index (χ0) is 23.3. The first kappa shape index (κ1) is 23.1. The lowest BCUT2D eigenvalue weighted by atomic mass is 9.95. The molecule has 1 amide bonds. The van der Waals surface area contributed by atoms with Crippen molar-refractivity contribution in [3.8, 4) is 0 Å². The van der Waals surface area contributed by atoms with Gasteiger partial charge in [-0.2, -0.15) is 0 Å². The summed E-state index contributed by atoms with van der Waals surface area (Å²) in [5, 5.41) is 4.57. The third-order valence-corrected chi connectivity index (χ3v) is 7.67. The maximum absolute atomic E-state index is 13.8. The standard InChI is InChI=1S/C29H36FN3O/c30-25-10-7-8-22(18-25)20-33-27(19-24-9-5-6-13-28(24)33)21-32-16-14-23(15-17-32)29(34)31-26-11-3-1-2-4-12-26/h5-10,13,18-19,23,26H,1-4,11-12,14-17,20-21H2,(H,31,34). The molecule has 0 spiro atoms. The van der Waals surface area contributed by atoms with Crippen LogP contribution in [0.25, 0.3) is 10.9 Å². The molecule has 0 radical (unpaired) electrons. The van der Waals surface area contributed by atoms with Crippen LogP contribution in [0.1, 0.15) is 62.6 Å². The van der Waals surface area contributed by atoms with Gasteiger partial charge in [-0.15, -0.1) is 0 Å². The average Bonchev–Trinajstić information content (AvgIpc) is 2.99. The van der Waals surface area contributed by atoms with Crippen LogP contribution >= 0.6 is 0 Å². The van der Waals surface area contributed by atoms with E-state index in [-0.39, 0.29) is 17.6 Å². The number of piperidine rings is 1. The highest BCUT2D eigenvalue weighted by molar-refractivity contribution is 5.81. The molecule has 1 saturated carbocycles. The summed E-state index contributed by atoms with van der Waals surface area (Å²) in [6.45, 7) is 3.37. The molecule has 1 aromatic heterocycles. The number of hydrogen-bond acceptors (Lipinski definition) is 2. The van der Waals surface area contributed by atoms with E-state index in [0.717, 1.165) is 50.9 Å². The third-order valence-electron chi connectivity index (χ3n) is 7.67. The van der Waals surface area contributed by atoms with Gasteiger partial charge in [-0.25, -0.2) is 4.39 Å². The Hall–Kier alpha value is -2.66. The van der Waals surface area contributed by atoms with Gasteiger partial charge in [0.25, 0.3) is 0 Å². The van der Waals surface area contributed by atoms with Crippen molar-refractivity contribution in [2.45, 2.75) is 70.5 Å². The van der Waals surface area contributed by atoms with Gasteiger partial charge in [0.2, 0.25) is 5.91 Å². The van der Waals surface area contributed by atoms with Crippen LogP contribution in [0.15, 0.2) is 54.6 Å². The maximum atomic E-state index is 13.8. The summed E-state index contributed by atoms with van der Waals surface area (Å²) < 4.78 is 16.1. The summed E-state index contributed by atoms with van der Waals surface area (Å²) in [5.74, 6) is 0.212. The fraction of sp³-hybridized carbons (Fsp3) is 0.483. The predicted octanol–water partition coefficient (Wildman–Crippen LogP) is 5.88. The fourth-order valence-electron chi connectivity index (χ4n) is 5.73. The van der Waals surface area contributed by atoms with Crippen molar-refractivity contribution in [1.29, 1.82) is 0 Å². The number of hydrogen-bond donors (Lipinski definition) is 1. The first-order chi connectivity index (χ1) is 16.7. The Morgan fingerprint density at radius 1 is 0.882 bits per heavy atom. The lowest BCUT2D eigenvalue weighted by molar-refractivity contribution is -0.127. The molecule has 5 heteroatoms. The molecule has 1 aliphatic heterocycles. The van der Waals surface area contributed by atoms with E-state index in [1.165, 1.54) is 48.3 Å². The van der Waals surface area contributed by atoms with E-state index in [4.69, 9.17) is 0 Å². The second kappa shape index (κ2) is 10.7. The third kappa shape index (κ3) is 5.52. The summed E-state index contributed by atoms with van der Waals surface area (Å²) in [6, 6.07) is 17.9. The highest BCUT2D eigenvalue weighted by Gasteiger charge is 2.27. The second-order valence-electron chi connectivity index (χ2n) is 10.2. The van der Waals surface area contributed by atoms with E-state index >= 15 is 0 Å². The van der Waals surface area contributed by atoms with Gasteiger partial charge >= 0.3 is 0 Å². The monoisotopic (exact) mass is 461 g/mol. The van der Waals surface area contributed by atoms with Gasteiger partial charge in [-0.3, -0.25) is 9.69 Å². The summed E-state index contributed by atoms with van der Waals surface area (Å²) in [7, 11) is 0. The highest BCUT2D eigenvalue weighted by Crippen LogP contribution is 2.26. The Morgan fingerprint density at radius 3 is 2.41 bits per heavy atom. The van der Waals surface area contributed by atoms with Gasteiger partial charge in [0.05, 0.1) is 0 Å². The first-order valence-electron chi connectivity index (χ1n) is 13.0. The van der Waals surface area contributed by atoms with E-state index < -0.39 is 0 Å². The zero-order valence-electron chi connectivity index (χ0n) is 20.0. The van der Waals surface area contributed by atoms with Crippen molar-refractivity contribution < 1.29 is 9.18 Å². The lowest BCUT2D eigenvalue weighted by Crippen LogP contribution is -2.43. The van der Waals surface area contributed by atoms with Crippen molar-refractivity contribution in [2.24, 2.45) is 5.92 Å². The molecule has 1 N–H and O–H groups in total. The minimum absolute atomic E-state index is 0.137. The molecule has 2 aliphatic rings. The van der Waals surface area contributed by atoms with Crippen molar-refractivity contribution in [3.05, 3.63) is 71.7 Å². The molecule has 5 rings (SSSR count). The van der Waals surface area contributed by atoms with Crippen molar-refractivity contribution >= 4 is 16.8 Å². The molecular formula is C29H36FN3O. The summed E-state index contributed by atoms with van der Waals surface area (Å²) in [6.07, 6.45) is 9.22. The summed E-state index contributed by atoms with van der Waals surface area (Å²) >= 11 is 0. The van der Waals surface area contributed by atoms with Gasteiger partial charge in [-0.1, -0.05) is 56.0 Å². The number of likely N-dealkylation sites (tertiary alicyclic amines) is 1. The van der Waals surface area contributed by atoms with Crippen LogP contribution in [0.5, 0.6) is 0 Å². The molecule has 180 valence electrons. The van der Waals surface area contributed by atoms with Crippen molar-refractivity contribution in [1.82, 2.24) is 14.8 Å². The Balaban J connectivity index is 1.23. The topological polar surface area (TPSA) is 37.3 Å². The highest BCUT2D eigenvalue weighted by atomic mass is 19.1. The number of rotatable bonds is 6. The zero-order valence-corrected chi connectivity index (χ0v) is 20.0. The number of halogens is 1. The molecule has 0 atom stereocenters. The minimum Gasteiger partial charge on any atom is -0.353 e. The number of nitrogens with zero attached hydrogens (tertiary/aromatic N) is 2. The van der Waals surface area contributed by atoms with Crippen LogP contribution in [-0.2, 0) is 17.9 Å². The summed E-state index contributed by atoms with van der Waals surface area (Å²) in [4.78, 5) is 15.3. The quantitative estimate of drug-likeness (QED) is 0.466. The van der Waals surface area contributed by atoms with Gasteiger partial charge in [0.1, 0.15) is 5.82 Å². The Morgan fingerprint density at radius 2 is 1.65 bits per heavy atom. The van der Waals surface area contributed by atoms with Gasteiger partial charge in [0, 0.05) is 36.3 Å². The molecule has 0 unspecified atom stereocenters. The van der Waals surface area contributed by atoms with Gasteiger partial charge in [0.15, 0.2) is 0 Å². The molecule has 2 fully saturated rings. The average molecular weight is 462 g/mol. The van der Waals surface area contributed by atoms with Gasteiger partial charge in [-0.05, 0) is 74.0 Å². The first-order valence-corrected chi connectivity index (χ1v) is 13.0. The largest absolute Gasteiger partial charge is 0.353 e. The van der Waals surface area contributed by atoms with E-state index in [1.54, 1.807) is 12.1 Å². The van der Waals surface area contributed by atoms with Gasteiger partial charge < -0.3 is 9.88 Å². The van der Waals surface area contributed by atoms with E-state index in [9.17, 15) is 9.18 Å². The number of nitrogens with one attached hydrogen (secondary N) is 1.